The number of oxime groups is 1. The zero-order valence-electron chi connectivity index (χ0n) is 5.95. The van der Waals surface area contributed by atoms with Crippen molar-refractivity contribution in [2.75, 3.05) is 0 Å². The summed E-state index contributed by atoms with van der Waals surface area (Å²) < 4.78 is 12.6. The van der Waals surface area contributed by atoms with Crippen LogP contribution in [0.5, 0.6) is 0 Å². The first kappa shape index (κ1) is 7.94. The summed E-state index contributed by atoms with van der Waals surface area (Å²) in [5, 5.41) is 20.1. The van der Waals surface area contributed by atoms with Gasteiger partial charge in [-0.2, -0.15) is 0 Å². The topological polar surface area (TPSA) is 52.8 Å². The van der Waals surface area contributed by atoms with Crippen LogP contribution in [0.4, 0.5) is 4.39 Å². The Hall–Kier alpha value is -1.16. The second-order valence-corrected chi connectivity index (χ2v) is 2.31. The Morgan fingerprint density at radius 2 is 2.27 bits per heavy atom. The van der Waals surface area contributed by atoms with Gasteiger partial charge in [-0.25, -0.2) is 4.39 Å². The van der Waals surface area contributed by atoms with Gasteiger partial charge in [0.2, 0.25) is 0 Å². The lowest BCUT2D eigenvalue weighted by Gasteiger charge is -2.10. The highest BCUT2D eigenvalue weighted by Crippen LogP contribution is 2.16. The average molecular weight is 157 g/mol. The number of rotatable bonds is 0. The van der Waals surface area contributed by atoms with E-state index in [0.717, 1.165) is 6.08 Å². The fraction of sp³-hybridized carbons (Fsp3) is 0.286. The molecule has 0 spiro atoms. The minimum Gasteiger partial charge on any atom is -0.410 e. The van der Waals surface area contributed by atoms with Crippen LogP contribution < -0.4 is 0 Å². The second kappa shape index (κ2) is 2.84. The van der Waals surface area contributed by atoms with Crippen LogP contribution in [0.25, 0.3) is 0 Å². The third-order valence-corrected chi connectivity index (χ3v) is 1.48. The van der Waals surface area contributed by atoms with E-state index in [9.17, 15) is 4.39 Å². The molecule has 1 unspecified atom stereocenters. The second-order valence-electron chi connectivity index (χ2n) is 2.31. The van der Waals surface area contributed by atoms with Gasteiger partial charge in [-0.15, -0.1) is 0 Å². The van der Waals surface area contributed by atoms with Crippen molar-refractivity contribution >= 4 is 5.71 Å². The lowest BCUT2D eigenvalue weighted by Crippen LogP contribution is -2.13. The summed E-state index contributed by atoms with van der Waals surface area (Å²) in [6.07, 6.45) is 1.09. The standard InChI is InChI=1S/C7H8FNO2/c1-4-2-7(10)5(8)3-6(4)9-11/h2-3,7,10-11H,1H3. The maximum atomic E-state index is 12.6. The third-order valence-electron chi connectivity index (χ3n) is 1.48. The van der Waals surface area contributed by atoms with Gasteiger partial charge in [0.15, 0.2) is 0 Å². The number of halogens is 1. The van der Waals surface area contributed by atoms with Crippen LogP contribution in [0.15, 0.2) is 28.7 Å². The molecule has 0 heterocycles. The third kappa shape index (κ3) is 1.46. The highest BCUT2D eigenvalue weighted by molar-refractivity contribution is 6.08. The van der Waals surface area contributed by atoms with Crippen molar-refractivity contribution in [3.05, 3.63) is 23.6 Å². The van der Waals surface area contributed by atoms with Crippen LogP contribution in [-0.2, 0) is 0 Å². The molecule has 0 aliphatic heterocycles. The van der Waals surface area contributed by atoms with Gasteiger partial charge in [-0.1, -0.05) is 5.16 Å². The highest BCUT2D eigenvalue weighted by Gasteiger charge is 2.16. The predicted octanol–water partition coefficient (Wildman–Crippen LogP) is 0.991. The van der Waals surface area contributed by atoms with Gasteiger partial charge in [-0.05, 0) is 18.6 Å². The van der Waals surface area contributed by atoms with Crippen molar-refractivity contribution in [3.63, 3.8) is 0 Å². The van der Waals surface area contributed by atoms with Crippen molar-refractivity contribution in [2.24, 2.45) is 5.16 Å². The molecule has 1 atom stereocenters. The van der Waals surface area contributed by atoms with Gasteiger partial charge in [0.05, 0.1) is 0 Å². The molecule has 1 rings (SSSR count). The molecule has 60 valence electrons. The Balaban J connectivity index is 2.98. The van der Waals surface area contributed by atoms with Gasteiger partial charge in [0, 0.05) is 6.08 Å². The van der Waals surface area contributed by atoms with Crippen molar-refractivity contribution < 1.29 is 14.7 Å². The Morgan fingerprint density at radius 1 is 1.64 bits per heavy atom. The lowest BCUT2D eigenvalue weighted by molar-refractivity contribution is 0.226. The first-order valence-electron chi connectivity index (χ1n) is 3.11. The van der Waals surface area contributed by atoms with Crippen LogP contribution in [0, 0.1) is 0 Å². The van der Waals surface area contributed by atoms with Crippen LogP contribution in [0.3, 0.4) is 0 Å². The van der Waals surface area contributed by atoms with E-state index >= 15 is 0 Å². The first-order chi connectivity index (χ1) is 5.15. The molecule has 0 bridgehead atoms. The average Bonchev–Trinajstić information content (AvgIpc) is 1.97. The van der Waals surface area contributed by atoms with Crippen molar-refractivity contribution in [1.29, 1.82) is 0 Å². The minimum atomic E-state index is -1.19. The van der Waals surface area contributed by atoms with E-state index in [0.29, 0.717) is 5.57 Å². The predicted molar refractivity (Wildman–Crippen MR) is 38.2 cm³/mol. The Bertz CT molecular complexity index is 255. The molecule has 0 radical (unpaired) electrons. The zero-order valence-corrected chi connectivity index (χ0v) is 5.95. The number of hydrogen-bond donors (Lipinski definition) is 2. The van der Waals surface area contributed by atoms with E-state index in [4.69, 9.17) is 10.3 Å². The van der Waals surface area contributed by atoms with E-state index in [-0.39, 0.29) is 5.71 Å². The number of hydrogen-bond acceptors (Lipinski definition) is 3. The van der Waals surface area contributed by atoms with E-state index in [1.54, 1.807) is 6.92 Å². The Kier molecular flexibility index (Phi) is 2.05. The fourth-order valence-corrected chi connectivity index (χ4v) is 0.839. The maximum Gasteiger partial charge on any atom is 0.135 e. The van der Waals surface area contributed by atoms with Crippen molar-refractivity contribution in [3.8, 4) is 0 Å². The molecule has 3 nitrogen and oxygen atoms in total. The van der Waals surface area contributed by atoms with E-state index in [1.165, 1.54) is 6.08 Å². The van der Waals surface area contributed by atoms with Gasteiger partial charge in [0.25, 0.3) is 0 Å². The summed E-state index contributed by atoms with van der Waals surface area (Å²) >= 11 is 0. The van der Waals surface area contributed by atoms with Crippen molar-refractivity contribution in [2.45, 2.75) is 13.0 Å². The minimum absolute atomic E-state index is 0.146. The molecule has 0 saturated carbocycles. The van der Waals surface area contributed by atoms with Gasteiger partial charge < -0.3 is 10.3 Å². The fourth-order valence-electron chi connectivity index (χ4n) is 0.839. The largest absolute Gasteiger partial charge is 0.410 e. The molecular weight excluding hydrogens is 149 g/mol. The number of aliphatic hydroxyl groups excluding tert-OH is 1. The summed E-state index contributed by atoms with van der Waals surface area (Å²) in [4.78, 5) is 0. The molecule has 11 heavy (non-hydrogen) atoms. The smallest absolute Gasteiger partial charge is 0.135 e. The van der Waals surface area contributed by atoms with E-state index in [2.05, 4.69) is 5.16 Å². The van der Waals surface area contributed by atoms with Crippen LogP contribution in [0.1, 0.15) is 6.92 Å². The molecular formula is C7H8FNO2. The Morgan fingerprint density at radius 3 is 2.82 bits per heavy atom. The number of nitrogens with zero attached hydrogens (tertiary/aromatic N) is 1. The van der Waals surface area contributed by atoms with Crippen molar-refractivity contribution in [1.82, 2.24) is 0 Å². The summed E-state index contributed by atoms with van der Waals surface area (Å²) in [6, 6.07) is 0. The SMILES string of the molecule is CC1=CC(O)C(F)=CC1=NO. The molecule has 0 aromatic heterocycles. The summed E-state index contributed by atoms with van der Waals surface area (Å²) in [5.41, 5.74) is 0.703. The Labute approximate surface area is 63.1 Å². The molecule has 2 N–H and O–H groups in total. The molecule has 0 amide bonds. The normalized spacial score (nSPS) is 28.3. The monoisotopic (exact) mass is 157 g/mol. The van der Waals surface area contributed by atoms with Crippen LogP contribution in [0.2, 0.25) is 0 Å². The highest BCUT2D eigenvalue weighted by atomic mass is 19.1. The van der Waals surface area contributed by atoms with Gasteiger partial charge in [0.1, 0.15) is 17.6 Å². The lowest BCUT2D eigenvalue weighted by atomic mass is 10.0. The van der Waals surface area contributed by atoms with Crippen LogP contribution in [-0.4, -0.2) is 22.1 Å². The number of aliphatic hydroxyl groups is 1. The molecule has 1 aliphatic carbocycles. The van der Waals surface area contributed by atoms with Crippen LogP contribution >= 0.6 is 0 Å². The molecule has 0 saturated heterocycles. The molecule has 0 fully saturated rings. The molecule has 4 heteroatoms. The summed E-state index contributed by atoms with van der Waals surface area (Å²) in [7, 11) is 0. The van der Waals surface area contributed by atoms with E-state index < -0.39 is 11.9 Å². The molecule has 0 aromatic rings. The summed E-state index contributed by atoms with van der Waals surface area (Å²) in [6.45, 7) is 1.63. The quantitative estimate of drug-likeness (QED) is 0.407. The van der Waals surface area contributed by atoms with Gasteiger partial charge in [-0.3, -0.25) is 0 Å². The maximum absolute atomic E-state index is 12.6. The summed E-state index contributed by atoms with van der Waals surface area (Å²) in [5.74, 6) is -0.705. The molecule has 0 aromatic carbocycles. The zero-order chi connectivity index (χ0) is 8.43. The number of allylic oxidation sites excluding steroid dienone is 2. The first-order valence-corrected chi connectivity index (χ1v) is 3.11. The van der Waals surface area contributed by atoms with Gasteiger partial charge >= 0.3 is 0 Å². The van der Waals surface area contributed by atoms with E-state index in [1.807, 2.05) is 0 Å². The molecule has 1 aliphatic rings.